The maximum Gasteiger partial charge on any atom is 0.163 e. The molecule has 0 amide bonds. The first-order valence-electron chi connectivity index (χ1n) is 6.97. The highest BCUT2D eigenvalue weighted by Gasteiger charge is 2.05. The summed E-state index contributed by atoms with van der Waals surface area (Å²) in [5.74, 6) is 0.870. The van der Waals surface area contributed by atoms with E-state index in [-0.39, 0.29) is 0 Å². The Morgan fingerprint density at radius 1 is 1.10 bits per heavy atom. The van der Waals surface area contributed by atoms with Gasteiger partial charge in [0.05, 0.1) is 0 Å². The molecule has 1 aromatic heterocycles. The smallest absolute Gasteiger partial charge is 0.163 e. The molecule has 2 aromatic carbocycles. The maximum atomic E-state index is 4.14. The van der Waals surface area contributed by atoms with Gasteiger partial charge in [-0.15, -0.1) is 10.2 Å². The predicted molar refractivity (Wildman–Crippen MR) is 84.9 cm³/mol. The van der Waals surface area contributed by atoms with E-state index in [0.717, 1.165) is 23.6 Å². The number of benzene rings is 2. The molecule has 1 heterocycles. The number of rotatable bonds is 4. The molecule has 0 unspecified atom stereocenters. The van der Waals surface area contributed by atoms with Crippen molar-refractivity contribution in [2.45, 2.75) is 13.5 Å². The van der Waals surface area contributed by atoms with Crippen LogP contribution in [0.1, 0.15) is 11.1 Å². The summed E-state index contributed by atoms with van der Waals surface area (Å²) in [4.78, 5) is 0. The third-order valence-corrected chi connectivity index (χ3v) is 3.58. The van der Waals surface area contributed by atoms with E-state index >= 15 is 0 Å². The number of nitrogens with one attached hydrogen (secondary N) is 1. The summed E-state index contributed by atoms with van der Waals surface area (Å²) >= 11 is 0. The molecule has 0 radical (unpaired) electrons. The molecule has 0 aliphatic heterocycles. The van der Waals surface area contributed by atoms with Crippen LogP contribution in [0.5, 0.6) is 0 Å². The van der Waals surface area contributed by atoms with Crippen molar-refractivity contribution in [3.05, 3.63) is 66.0 Å². The zero-order chi connectivity index (χ0) is 14.7. The monoisotopic (exact) mass is 278 g/mol. The topological polar surface area (TPSA) is 42.7 Å². The summed E-state index contributed by atoms with van der Waals surface area (Å²) in [6, 6.07) is 16.7. The number of hydrogen-bond donors (Lipinski definition) is 1. The van der Waals surface area contributed by atoms with Gasteiger partial charge in [0.25, 0.3) is 0 Å². The van der Waals surface area contributed by atoms with Crippen molar-refractivity contribution in [3.8, 4) is 11.4 Å². The second-order valence-electron chi connectivity index (χ2n) is 5.13. The van der Waals surface area contributed by atoms with Gasteiger partial charge in [0.2, 0.25) is 0 Å². The van der Waals surface area contributed by atoms with E-state index < -0.39 is 0 Å². The van der Waals surface area contributed by atoms with Gasteiger partial charge in [-0.1, -0.05) is 36.4 Å². The number of nitrogens with zero attached hydrogens (tertiary/aromatic N) is 3. The van der Waals surface area contributed by atoms with Crippen LogP contribution in [0.3, 0.4) is 0 Å². The zero-order valence-corrected chi connectivity index (χ0v) is 12.2. The van der Waals surface area contributed by atoms with E-state index in [1.54, 1.807) is 6.33 Å². The minimum Gasteiger partial charge on any atom is -0.381 e. The van der Waals surface area contributed by atoms with Crippen LogP contribution in [0.15, 0.2) is 54.9 Å². The second-order valence-corrected chi connectivity index (χ2v) is 5.13. The average Bonchev–Trinajstić information content (AvgIpc) is 2.93. The maximum absolute atomic E-state index is 4.14. The number of aryl methyl sites for hydroxylation is 2. The summed E-state index contributed by atoms with van der Waals surface area (Å²) < 4.78 is 1.92. The Labute approximate surface area is 124 Å². The molecule has 106 valence electrons. The fraction of sp³-hybridized carbons (Fsp3) is 0.176. The Bertz CT molecular complexity index is 746. The van der Waals surface area contributed by atoms with E-state index in [2.05, 4.69) is 58.8 Å². The molecule has 0 bridgehead atoms. The Hall–Kier alpha value is -2.62. The van der Waals surface area contributed by atoms with Crippen molar-refractivity contribution in [2.75, 3.05) is 5.32 Å². The van der Waals surface area contributed by atoms with Gasteiger partial charge in [0.1, 0.15) is 6.33 Å². The van der Waals surface area contributed by atoms with E-state index in [0.29, 0.717) is 0 Å². The molecule has 1 N–H and O–H groups in total. The highest BCUT2D eigenvalue weighted by Crippen LogP contribution is 2.20. The molecule has 4 nitrogen and oxygen atoms in total. The first-order valence-corrected chi connectivity index (χ1v) is 6.97. The minimum absolute atomic E-state index is 0.814. The van der Waals surface area contributed by atoms with Crippen LogP contribution < -0.4 is 5.32 Å². The van der Waals surface area contributed by atoms with Gasteiger partial charge < -0.3 is 9.88 Å². The normalized spacial score (nSPS) is 10.6. The molecule has 0 saturated carbocycles. The lowest BCUT2D eigenvalue weighted by Crippen LogP contribution is -2.01. The Morgan fingerprint density at radius 3 is 2.71 bits per heavy atom. The molecule has 0 fully saturated rings. The highest BCUT2D eigenvalue weighted by atomic mass is 15.2. The fourth-order valence-electron chi connectivity index (χ4n) is 2.32. The lowest BCUT2D eigenvalue weighted by Gasteiger charge is -2.10. The van der Waals surface area contributed by atoms with Gasteiger partial charge in [0, 0.05) is 24.8 Å². The fourth-order valence-corrected chi connectivity index (χ4v) is 2.32. The summed E-state index contributed by atoms with van der Waals surface area (Å²) in [5.41, 5.74) is 4.75. The summed E-state index contributed by atoms with van der Waals surface area (Å²) in [5, 5.41) is 11.5. The van der Waals surface area contributed by atoms with Gasteiger partial charge in [-0.2, -0.15) is 0 Å². The van der Waals surface area contributed by atoms with Crippen molar-refractivity contribution in [1.82, 2.24) is 14.8 Å². The second kappa shape index (κ2) is 5.79. The Kier molecular flexibility index (Phi) is 3.69. The predicted octanol–water partition coefficient (Wildman–Crippen LogP) is 3.40. The largest absolute Gasteiger partial charge is 0.381 e. The van der Waals surface area contributed by atoms with Crippen LogP contribution >= 0.6 is 0 Å². The van der Waals surface area contributed by atoms with E-state index in [1.807, 2.05) is 23.7 Å². The van der Waals surface area contributed by atoms with E-state index in [1.165, 1.54) is 11.1 Å². The zero-order valence-electron chi connectivity index (χ0n) is 12.2. The average molecular weight is 278 g/mol. The van der Waals surface area contributed by atoms with Gasteiger partial charge in [-0.05, 0) is 30.2 Å². The highest BCUT2D eigenvalue weighted by molar-refractivity contribution is 5.62. The van der Waals surface area contributed by atoms with Gasteiger partial charge in [0.15, 0.2) is 5.82 Å². The molecule has 0 atom stereocenters. The van der Waals surface area contributed by atoms with Crippen LogP contribution in [0.25, 0.3) is 11.4 Å². The SMILES string of the molecule is Cc1ccccc1CNc1cccc(-c2nncn2C)c1. The summed E-state index contributed by atoms with van der Waals surface area (Å²) in [6.45, 7) is 2.95. The van der Waals surface area contributed by atoms with Crippen LogP contribution in [0.2, 0.25) is 0 Å². The Balaban J connectivity index is 1.78. The molecule has 0 aliphatic rings. The van der Waals surface area contributed by atoms with Crippen LogP contribution in [-0.4, -0.2) is 14.8 Å². The van der Waals surface area contributed by atoms with Crippen molar-refractivity contribution >= 4 is 5.69 Å². The van der Waals surface area contributed by atoms with Crippen molar-refractivity contribution in [3.63, 3.8) is 0 Å². The first-order chi connectivity index (χ1) is 10.2. The van der Waals surface area contributed by atoms with Crippen LogP contribution in [0, 0.1) is 6.92 Å². The molecule has 21 heavy (non-hydrogen) atoms. The quantitative estimate of drug-likeness (QED) is 0.795. The molecule has 3 aromatic rings. The number of anilines is 1. The van der Waals surface area contributed by atoms with Crippen molar-refractivity contribution in [1.29, 1.82) is 0 Å². The van der Waals surface area contributed by atoms with Crippen molar-refractivity contribution < 1.29 is 0 Å². The molecule has 3 rings (SSSR count). The van der Waals surface area contributed by atoms with Gasteiger partial charge in [-0.25, -0.2) is 0 Å². The van der Waals surface area contributed by atoms with Gasteiger partial charge >= 0.3 is 0 Å². The summed E-state index contributed by atoms with van der Waals surface area (Å²) in [6.07, 6.45) is 1.71. The van der Waals surface area contributed by atoms with Gasteiger partial charge in [-0.3, -0.25) is 0 Å². The Morgan fingerprint density at radius 2 is 1.95 bits per heavy atom. The third-order valence-electron chi connectivity index (χ3n) is 3.58. The molecular formula is C17H18N4. The minimum atomic E-state index is 0.814. The standard InChI is InChI=1S/C17H18N4/c1-13-6-3-4-7-15(13)11-18-16-9-5-8-14(10-16)17-20-19-12-21(17)2/h3-10,12,18H,11H2,1-2H3. The van der Waals surface area contributed by atoms with Crippen LogP contribution in [0.4, 0.5) is 5.69 Å². The molecule has 4 heteroatoms. The van der Waals surface area contributed by atoms with E-state index in [4.69, 9.17) is 0 Å². The number of aromatic nitrogens is 3. The van der Waals surface area contributed by atoms with Crippen LogP contribution in [-0.2, 0) is 13.6 Å². The lowest BCUT2D eigenvalue weighted by molar-refractivity contribution is 0.920. The third kappa shape index (κ3) is 2.94. The number of hydrogen-bond acceptors (Lipinski definition) is 3. The lowest BCUT2D eigenvalue weighted by atomic mass is 10.1. The summed E-state index contributed by atoms with van der Waals surface area (Å²) in [7, 11) is 1.95. The molecule has 0 aliphatic carbocycles. The van der Waals surface area contributed by atoms with Crippen molar-refractivity contribution in [2.24, 2.45) is 7.05 Å². The molecular weight excluding hydrogens is 260 g/mol. The van der Waals surface area contributed by atoms with E-state index in [9.17, 15) is 0 Å². The first kappa shape index (κ1) is 13.4. The molecule has 0 saturated heterocycles. The molecule has 0 spiro atoms.